The Bertz CT molecular complexity index is 364. The molecule has 1 saturated carbocycles. The highest BCUT2D eigenvalue weighted by Gasteiger charge is 2.19. The van der Waals surface area contributed by atoms with Crippen LogP contribution in [-0.2, 0) is 13.5 Å². The Morgan fingerprint density at radius 3 is 2.65 bits per heavy atom. The van der Waals surface area contributed by atoms with E-state index in [0.717, 1.165) is 18.9 Å². The molecule has 3 heteroatoms. The van der Waals surface area contributed by atoms with Crippen LogP contribution >= 0.6 is 0 Å². The summed E-state index contributed by atoms with van der Waals surface area (Å²) >= 11 is 0. The van der Waals surface area contributed by atoms with Gasteiger partial charge in [-0.1, -0.05) is 45.4 Å². The highest BCUT2D eigenvalue weighted by atomic mass is 15.0. The molecule has 0 amide bonds. The van der Waals surface area contributed by atoms with E-state index in [-0.39, 0.29) is 0 Å². The highest BCUT2D eigenvalue weighted by molar-refractivity contribution is 4.95. The van der Waals surface area contributed by atoms with Crippen LogP contribution < -0.4 is 5.32 Å². The maximum atomic E-state index is 4.50. The highest BCUT2D eigenvalue weighted by Crippen LogP contribution is 2.27. The summed E-state index contributed by atoms with van der Waals surface area (Å²) in [6, 6.07) is 0.596. The lowest BCUT2D eigenvalue weighted by Gasteiger charge is -2.23. The summed E-state index contributed by atoms with van der Waals surface area (Å²) in [6.07, 6.45) is 16.2. The minimum absolute atomic E-state index is 0.596. The van der Waals surface area contributed by atoms with E-state index in [9.17, 15) is 0 Å². The fourth-order valence-electron chi connectivity index (χ4n) is 3.40. The number of nitrogens with zero attached hydrogens (tertiary/aromatic N) is 2. The van der Waals surface area contributed by atoms with Crippen molar-refractivity contribution in [1.82, 2.24) is 14.9 Å². The lowest BCUT2D eigenvalue weighted by molar-refractivity contribution is 0.345. The number of imidazole rings is 1. The van der Waals surface area contributed by atoms with Crippen LogP contribution in [0.25, 0.3) is 0 Å². The normalized spacial score (nSPS) is 18.9. The second-order valence-corrected chi connectivity index (χ2v) is 6.40. The van der Waals surface area contributed by atoms with Gasteiger partial charge in [-0.2, -0.15) is 0 Å². The van der Waals surface area contributed by atoms with Crippen molar-refractivity contribution in [2.24, 2.45) is 13.0 Å². The molecule has 114 valence electrons. The van der Waals surface area contributed by atoms with Gasteiger partial charge in [0.1, 0.15) is 5.82 Å². The molecule has 0 bridgehead atoms. The van der Waals surface area contributed by atoms with Gasteiger partial charge in [0.05, 0.1) is 0 Å². The Labute approximate surface area is 124 Å². The fraction of sp³-hybridized carbons (Fsp3) is 0.824. The lowest BCUT2D eigenvalue weighted by atomic mass is 9.91. The lowest BCUT2D eigenvalue weighted by Crippen LogP contribution is -2.34. The minimum atomic E-state index is 0.596. The van der Waals surface area contributed by atoms with E-state index < -0.39 is 0 Å². The summed E-state index contributed by atoms with van der Waals surface area (Å²) < 4.78 is 2.16. The Kier molecular flexibility index (Phi) is 6.58. The molecule has 1 unspecified atom stereocenters. The van der Waals surface area contributed by atoms with Gasteiger partial charge in [-0.15, -0.1) is 0 Å². The predicted molar refractivity (Wildman–Crippen MR) is 84.8 cm³/mol. The summed E-state index contributed by atoms with van der Waals surface area (Å²) in [5.74, 6) is 2.14. The van der Waals surface area contributed by atoms with Gasteiger partial charge in [-0.25, -0.2) is 4.98 Å². The standard InChI is InChI=1S/C17H31N3/c1-3-10-18-16(14-17-19-11-12-20(17)2)13-15-8-6-4-5-7-9-15/h11-12,15-16,18H,3-10,13-14H2,1-2H3. The largest absolute Gasteiger partial charge is 0.338 e. The second kappa shape index (κ2) is 8.46. The molecule has 2 rings (SSSR count). The molecule has 0 saturated heterocycles. The zero-order chi connectivity index (χ0) is 14.2. The number of hydrogen-bond donors (Lipinski definition) is 1. The van der Waals surface area contributed by atoms with Crippen molar-refractivity contribution in [2.75, 3.05) is 6.54 Å². The third-order valence-corrected chi connectivity index (χ3v) is 4.63. The van der Waals surface area contributed by atoms with E-state index in [1.807, 2.05) is 6.20 Å². The predicted octanol–water partition coefficient (Wildman–Crippen LogP) is 3.69. The van der Waals surface area contributed by atoms with Gasteiger partial charge in [-0.3, -0.25) is 0 Å². The van der Waals surface area contributed by atoms with Crippen LogP contribution in [0, 0.1) is 5.92 Å². The fourth-order valence-corrected chi connectivity index (χ4v) is 3.40. The van der Waals surface area contributed by atoms with E-state index in [4.69, 9.17) is 0 Å². The monoisotopic (exact) mass is 277 g/mol. The molecule has 1 heterocycles. The zero-order valence-corrected chi connectivity index (χ0v) is 13.3. The second-order valence-electron chi connectivity index (χ2n) is 6.40. The zero-order valence-electron chi connectivity index (χ0n) is 13.3. The number of hydrogen-bond acceptors (Lipinski definition) is 2. The third-order valence-electron chi connectivity index (χ3n) is 4.63. The molecule has 3 nitrogen and oxygen atoms in total. The Morgan fingerprint density at radius 1 is 1.30 bits per heavy atom. The van der Waals surface area contributed by atoms with Crippen LogP contribution in [0.15, 0.2) is 12.4 Å². The van der Waals surface area contributed by atoms with Gasteiger partial charge in [-0.05, 0) is 25.3 Å². The van der Waals surface area contributed by atoms with Crippen molar-refractivity contribution < 1.29 is 0 Å². The van der Waals surface area contributed by atoms with Crippen LogP contribution in [0.5, 0.6) is 0 Å². The van der Waals surface area contributed by atoms with Gasteiger partial charge in [0, 0.05) is 31.9 Å². The number of rotatable bonds is 7. The first-order valence-electron chi connectivity index (χ1n) is 8.49. The van der Waals surface area contributed by atoms with Crippen LogP contribution in [0.1, 0.15) is 64.1 Å². The van der Waals surface area contributed by atoms with Crippen LogP contribution in [0.3, 0.4) is 0 Å². The van der Waals surface area contributed by atoms with Crippen molar-refractivity contribution in [3.8, 4) is 0 Å². The summed E-state index contributed by atoms with van der Waals surface area (Å²) in [5, 5.41) is 3.75. The number of aromatic nitrogens is 2. The van der Waals surface area contributed by atoms with Crippen LogP contribution in [0.2, 0.25) is 0 Å². The molecule has 0 radical (unpaired) electrons. The first-order chi connectivity index (χ1) is 9.79. The van der Waals surface area contributed by atoms with Crippen molar-refractivity contribution in [2.45, 2.75) is 70.8 Å². The molecule has 0 aliphatic heterocycles. The molecule has 1 aliphatic carbocycles. The molecule has 20 heavy (non-hydrogen) atoms. The first kappa shape index (κ1) is 15.6. The van der Waals surface area contributed by atoms with Crippen molar-refractivity contribution in [1.29, 1.82) is 0 Å². The topological polar surface area (TPSA) is 29.9 Å². The van der Waals surface area contributed by atoms with Gasteiger partial charge in [0.15, 0.2) is 0 Å². The smallest absolute Gasteiger partial charge is 0.109 e. The van der Waals surface area contributed by atoms with Crippen LogP contribution in [0.4, 0.5) is 0 Å². The quantitative estimate of drug-likeness (QED) is 0.770. The average molecular weight is 277 g/mol. The Balaban J connectivity index is 1.90. The van der Waals surface area contributed by atoms with Crippen molar-refractivity contribution in [3.63, 3.8) is 0 Å². The van der Waals surface area contributed by atoms with Crippen LogP contribution in [-0.4, -0.2) is 22.1 Å². The van der Waals surface area contributed by atoms with Crippen molar-refractivity contribution in [3.05, 3.63) is 18.2 Å². The maximum Gasteiger partial charge on any atom is 0.109 e. The van der Waals surface area contributed by atoms with Crippen molar-refractivity contribution >= 4 is 0 Å². The molecular formula is C17H31N3. The molecule has 0 spiro atoms. The summed E-state index contributed by atoms with van der Waals surface area (Å²) in [6.45, 7) is 3.37. The molecule has 0 aromatic carbocycles. The molecule has 1 aromatic rings. The molecule has 1 N–H and O–H groups in total. The molecule has 1 fully saturated rings. The molecule has 1 aliphatic rings. The van der Waals surface area contributed by atoms with E-state index in [2.05, 4.69) is 35.0 Å². The van der Waals surface area contributed by atoms with E-state index in [0.29, 0.717) is 6.04 Å². The Morgan fingerprint density at radius 2 is 2.05 bits per heavy atom. The van der Waals surface area contributed by atoms with Gasteiger partial charge in [0.2, 0.25) is 0 Å². The Hall–Kier alpha value is -0.830. The molecule has 1 aromatic heterocycles. The maximum absolute atomic E-state index is 4.50. The van der Waals surface area contributed by atoms with E-state index >= 15 is 0 Å². The third kappa shape index (κ3) is 4.93. The molecule has 1 atom stereocenters. The average Bonchev–Trinajstić information content (AvgIpc) is 2.69. The molecular weight excluding hydrogens is 246 g/mol. The van der Waals surface area contributed by atoms with E-state index in [1.54, 1.807) is 0 Å². The van der Waals surface area contributed by atoms with E-state index in [1.165, 1.54) is 57.2 Å². The summed E-state index contributed by atoms with van der Waals surface area (Å²) in [4.78, 5) is 4.50. The minimum Gasteiger partial charge on any atom is -0.338 e. The number of aryl methyl sites for hydroxylation is 1. The van der Waals surface area contributed by atoms with Gasteiger partial charge in [0.25, 0.3) is 0 Å². The van der Waals surface area contributed by atoms with Gasteiger partial charge < -0.3 is 9.88 Å². The first-order valence-corrected chi connectivity index (χ1v) is 8.49. The SMILES string of the molecule is CCCNC(Cc1nccn1C)CC1CCCCCC1. The van der Waals surface area contributed by atoms with Gasteiger partial charge >= 0.3 is 0 Å². The summed E-state index contributed by atoms with van der Waals surface area (Å²) in [5.41, 5.74) is 0. The summed E-state index contributed by atoms with van der Waals surface area (Å²) in [7, 11) is 2.10. The number of nitrogens with one attached hydrogen (secondary N) is 1.